The van der Waals surface area contributed by atoms with Gasteiger partial charge in [0.25, 0.3) is 11.9 Å². The fraction of sp³-hybridized carbons (Fsp3) is 0.273. The topological polar surface area (TPSA) is 113 Å². The highest BCUT2D eigenvalue weighted by atomic mass is 19.1. The van der Waals surface area contributed by atoms with Crippen LogP contribution in [0.25, 0.3) is 0 Å². The van der Waals surface area contributed by atoms with E-state index in [-0.39, 0.29) is 29.0 Å². The Bertz CT molecular complexity index is 1170. The van der Waals surface area contributed by atoms with Gasteiger partial charge >= 0.3 is 0 Å². The van der Waals surface area contributed by atoms with Gasteiger partial charge in [-0.05, 0) is 61.6 Å². The lowest BCUT2D eigenvalue weighted by atomic mass is 9.90. The van der Waals surface area contributed by atoms with Gasteiger partial charge in [-0.15, -0.1) is 0 Å². The molecule has 4 rings (SSSR count). The molecule has 9 heteroatoms. The van der Waals surface area contributed by atoms with Crippen LogP contribution in [-0.2, 0) is 10.3 Å². The number of nitrogens with zero attached hydrogens (tertiary/aromatic N) is 3. The molecule has 31 heavy (non-hydrogen) atoms. The van der Waals surface area contributed by atoms with Crippen molar-refractivity contribution < 1.29 is 18.3 Å². The largest absolute Gasteiger partial charge is 0.428 e. The molecule has 1 aromatic heterocycles. The number of rotatable bonds is 5. The predicted molar refractivity (Wildman–Crippen MR) is 109 cm³/mol. The second kappa shape index (κ2) is 7.80. The monoisotopic (exact) mass is 423 g/mol. The molecule has 7 nitrogen and oxygen atoms in total. The number of alkyl halides is 1. The molecule has 3 N–H and O–H groups in total. The van der Waals surface area contributed by atoms with Crippen molar-refractivity contribution in [1.29, 1.82) is 5.26 Å². The van der Waals surface area contributed by atoms with E-state index in [4.69, 9.17) is 15.7 Å². The maximum absolute atomic E-state index is 14.6. The van der Waals surface area contributed by atoms with Crippen LogP contribution in [0.4, 0.5) is 14.5 Å². The summed E-state index contributed by atoms with van der Waals surface area (Å²) in [6.45, 7) is 0.646. The van der Waals surface area contributed by atoms with Gasteiger partial charge < -0.3 is 15.8 Å². The smallest absolute Gasteiger partial charge is 0.288 e. The van der Waals surface area contributed by atoms with E-state index in [0.717, 1.165) is 18.4 Å². The number of aromatic nitrogens is 1. The van der Waals surface area contributed by atoms with Crippen molar-refractivity contribution in [3.05, 3.63) is 70.5 Å². The Morgan fingerprint density at radius 1 is 1.42 bits per heavy atom. The normalized spacial score (nSPS) is 20.2. The SMILES string of the molecule is C[C@@]1(c2cc(NC(=O)c3ncc(C#N)cc3C3CC3)ccc2F)C=C(CF)OC(N)=N1. The summed E-state index contributed by atoms with van der Waals surface area (Å²) in [5, 5.41) is 11.8. The first kappa shape index (κ1) is 20.5. The summed E-state index contributed by atoms with van der Waals surface area (Å²) < 4.78 is 32.8. The number of benzene rings is 1. The number of ether oxygens (including phenoxy) is 1. The van der Waals surface area contributed by atoms with Crippen LogP contribution in [0.5, 0.6) is 0 Å². The third-order valence-corrected chi connectivity index (χ3v) is 5.20. The molecule has 1 aliphatic heterocycles. The van der Waals surface area contributed by atoms with Crippen LogP contribution >= 0.6 is 0 Å². The molecular weight excluding hydrogens is 404 g/mol. The minimum atomic E-state index is -1.31. The van der Waals surface area contributed by atoms with E-state index in [0.29, 0.717) is 11.3 Å². The maximum atomic E-state index is 14.6. The van der Waals surface area contributed by atoms with E-state index in [2.05, 4.69) is 15.3 Å². The third kappa shape index (κ3) is 4.10. The van der Waals surface area contributed by atoms with Crippen molar-refractivity contribution in [2.75, 3.05) is 12.0 Å². The fourth-order valence-electron chi connectivity index (χ4n) is 3.58. The maximum Gasteiger partial charge on any atom is 0.288 e. The summed E-state index contributed by atoms with van der Waals surface area (Å²) in [5.74, 6) is -0.930. The highest BCUT2D eigenvalue weighted by Crippen LogP contribution is 2.41. The average Bonchev–Trinajstić information content (AvgIpc) is 3.59. The summed E-state index contributed by atoms with van der Waals surface area (Å²) in [5.41, 5.74) is 6.07. The highest BCUT2D eigenvalue weighted by Gasteiger charge is 2.33. The molecule has 1 aliphatic carbocycles. The second-order valence-corrected chi connectivity index (χ2v) is 7.64. The van der Waals surface area contributed by atoms with Crippen LogP contribution in [0, 0.1) is 17.1 Å². The van der Waals surface area contributed by atoms with Crippen LogP contribution < -0.4 is 11.1 Å². The number of halogens is 2. The first-order chi connectivity index (χ1) is 14.8. The number of nitrogens with two attached hydrogens (primary N) is 1. The Morgan fingerprint density at radius 3 is 2.87 bits per heavy atom. The number of amidine groups is 1. The summed E-state index contributed by atoms with van der Waals surface area (Å²) >= 11 is 0. The number of hydrogen-bond acceptors (Lipinski definition) is 6. The van der Waals surface area contributed by atoms with Crippen molar-refractivity contribution >= 4 is 17.6 Å². The summed E-state index contributed by atoms with van der Waals surface area (Å²) in [7, 11) is 0. The molecule has 1 saturated carbocycles. The van der Waals surface area contributed by atoms with Gasteiger partial charge in [0.1, 0.15) is 35.6 Å². The predicted octanol–water partition coefficient (Wildman–Crippen LogP) is 3.64. The average molecular weight is 423 g/mol. The molecule has 2 heterocycles. The van der Waals surface area contributed by atoms with Gasteiger partial charge in [-0.3, -0.25) is 4.79 Å². The Hall–Kier alpha value is -3.80. The Balaban J connectivity index is 1.66. The van der Waals surface area contributed by atoms with E-state index in [1.165, 1.54) is 30.5 Å². The van der Waals surface area contributed by atoms with E-state index in [1.807, 2.05) is 6.07 Å². The van der Waals surface area contributed by atoms with Crippen molar-refractivity contribution in [2.45, 2.75) is 31.2 Å². The molecule has 1 atom stereocenters. The van der Waals surface area contributed by atoms with Crippen LogP contribution in [0.2, 0.25) is 0 Å². The van der Waals surface area contributed by atoms with Gasteiger partial charge in [-0.25, -0.2) is 18.8 Å². The van der Waals surface area contributed by atoms with Gasteiger partial charge in [0, 0.05) is 17.4 Å². The zero-order valence-corrected chi connectivity index (χ0v) is 16.7. The zero-order chi connectivity index (χ0) is 22.2. The third-order valence-electron chi connectivity index (χ3n) is 5.20. The molecule has 0 spiro atoms. The number of aliphatic imine (C=N–C) groups is 1. The van der Waals surface area contributed by atoms with E-state index >= 15 is 0 Å². The van der Waals surface area contributed by atoms with E-state index in [1.54, 1.807) is 13.0 Å². The molecule has 1 amide bonds. The van der Waals surface area contributed by atoms with Gasteiger partial charge in [-0.2, -0.15) is 5.26 Å². The van der Waals surface area contributed by atoms with Gasteiger partial charge in [0.2, 0.25) is 0 Å². The van der Waals surface area contributed by atoms with Crippen molar-refractivity contribution in [3.8, 4) is 6.07 Å². The fourth-order valence-corrected chi connectivity index (χ4v) is 3.58. The molecule has 2 aliphatic rings. The Kier molecular flexibility index (Phi) is 5.15. The summed E-state index contributed by atoms with van der Waals surface area (Å²) in [6, 6.07) is 7.45. The number of amides is 1. The van der Waals surface area contributed by atoms with Crippen LogP contribution in [0.15, 0.2) is 47.3 Å². The van der Waals surface area contributed by atoms with Crippen molar-refractivity contribution in [1.82, 2.24) is 4.98 Å². The minimum absolute atomic E-state index is 0.0697. The van der Waals surface area contributed by atoms with Crippen molar-refractivity contribution in [2.24, 2.45) is 10.7 Å². The summed E-state index contributed by atoms with van der Waals surface area (Å²) in [6.07, 6.45) is 4.56. The van der Waals surface area contributed by atoms with Gasteiger partial charge in [0.05, 0.1) is 5.56 Å². The Morgan fingerprint density at radius 2 is 2.19 bits per heavy atom. The van der Waals surface area contributed by atoms with E-state index < -0.39 is 23.9 Å². The van der Waals surface area contributed by atoms with Crippen LogP contribution in [-0.4, -0.2) is 23.6 Å². The molecule has 0 unspecified atom stereocenters. The number of anilines is 1. The molecule has 1 aromatic carbocycles. The van der Waals surface area contributed by atoms with E-state index in [9.17, 15) is 13.6 Å². The highest BCUT2D eigenvalue weighted by molar-refractivity contribution is 6.04. The quantitative estimate of drug-likeness (QED) is 0.762. The van der Waals surface area contributed by atoms with Gasteiger partial charge in [-0.1, -0.05) is 0 Å². The number of carbonyl (C=O) groups is 1. The number of nitrogens with one attached hydrogen (secondary N) is 1. The lowest BCUT2D eigenvalue weighted by Gasteiger charge is -2.28. The van der Waals surface area contributed by atoms with Gasteiger partial charge in [0.15, 0.2) is 0 Å². The molecule has 2 aromatic rings. The molecule has 0 bridgehead atoms. The molecule has 158 valence electrons. The zero-order valence-electron chi connectivity index (χ0n) is 16.7. The first-order valence-electron chi connectivity index (χ1n) is 9.65. The lowest BCUT2D eigenvalue weighted by molar-refractivity contribution is 0.102. The molecule has 1 fully saturated rings. The number of hydrogen-bond donors (Lipinski definition) is 2. The summed E-state index contributed by atoms with van der Waals surface area (Å²) in [4.78, 5) is 21.2. The van der Waals surface area contributed by atoms with Crippen LogP contribution in [0.1, 0.15) is 52.9 Å². The lowest BCUT2D eigenvalue weighted by Crippen LogP contribution is -2.31. The number of allylic oxidation sites excluding steroid dienone is 1. The minimum Gasteiger partial charge on any atom is -0.428 e. The molecule has 0 saturated heterocycles. The number of nitriles is 1. The number of carbonyl (C=O) groups excluding carboxylic acids is 1. The van der Waals surface area contributed by atoms with Crippen LogP contribution in [0.3, 0.4) is 0 Å². The number of pyridine rings is 1. The molecule has 0 radical (unpaired) electrons. The second-order valence-electron chi connectivity index (χ2n) is 7.64. The van der Waals surface area contributed by atoms with Crippen molar-refractivity contribution in [3.63, 3.8) is 0 Å². The Labute approximate surface area is 177 Å². The molecular formula is C22H19F2N5O2. The first-order valence-corrected chi connectivity index (χ1v) is 9.65. The standard InChI is InChI=1S/C22H19F2N5O2/c1-22(8-15(9-23)31-21(26)29-22)17-7-14(4-5-18(17)24)28-20(30)19-16(13-2-3-13)6-12(10-25)11-27-19/h4-8,11,13H,2-3,9H2,1H3,(H2,26,29)(H,28,30)/t22-/m0/s1.